The highest BCUT2D eigenvalue weighted by Crippen LogP contribution is 2.40. The van der Waals surface area contributed by atoms with Gasteiger partial charge in [0.2, 0.25) is 5.82 Å². The standard InChI is InChI=1S/C22H19N3OS/c1-2-15-25-21(19-14-9-16-26-19)23-24-22(25)27-20(17-10-5-3-6-11-17)18-12-7-4-8-13-18/h2-14,16,20H,1,15H2. The molecule has 0 unspecified atom stereocenters. The molecule has 0 aliphatic carbocycles. The molecule has 0 bridgehead atoms. The number of allylic oxidation sites excluding steroid dienone is 1. The minimum Gasteiger partial charge on any atom is -0.461 e. The molecule has 0 aliphatic rings. The third-order valence-electron chi connectivity index (χ3n) is 4.20. The minimum atomic E-state index is 0.115. The molecule has 4 nitrogen and oxygen atoms in total. The van der Waals surface area contributed by atoms with Crippen LogP contribution < -0.4 is 0 Å². The van der Waals surface area contributed by atoms with Crippen molar-refractivity contribution in [2.24, 2.45) is 0 Å². The Bertz CT molecular complexity index is 955. The summed E-state index contributed by atoms with van der Waals surface area (Å²) in [5.74, 6) is 1.41. The molecule has 0 spiro atoms. The van der Waals surface area contributed by atoms with Gasteiger partial charge in [-0.2, -0.15) is 0 Å². The molecule has 0 radical (unpaired) electrons. The number of hydrogen-bond acceptors (Lipinski definition) is 4. The van der Waals surface area contributed by atoms with E-state index in [1.807, 2.05) is 34.9 Å². The largest absolute Gasteiger partial charge is 0.461 e. The van der Waals surface area contributed by atoms with Crippen molar-refractivity contribution in [1.29, 1.82) is 0 Å². The van der Waals surface area contributed by atoms with Crippen molar-refractivity contribution in [3.05, 3.63) is 103 Å². The van der Waals surface area contributed by atoms with Crippen molar-refractivity contribution < 1.29 is 4.42 Å². The van der Waals surface area contributed by atoms with Gasteiger partial charge in [0.05, 0.1) is 11.5 Å². The number of furan rings is 1. The molecule has 27 heavy (non-hydrogen) atoms. The van der Waals surface area contributed by atoms with Gasteiger partial charge in [-0.25, -0.2) is 0 Å². The molecule has 0 saturated heterocycles. The van der Waals surface area contributed by atoms with Crippen LogP contribution in [0.3, 0.4) is 0 Å². The van der Waals surface area contributed by atoms with E-state index in [1.165, 1.54) is 11.1 Å². The average molecular weight is 373 g/mol. The first-order chi connectivity index (χ1) is 13.4. The maximum absolute atomic E-state index is 5.53. The zero-order chi connectivity index (χ0) is 18.5. The highest BCUT2D eigenvalue weighted by Gasteiger charge is 2.22. The van der Waals surface area contributed by atoms with Crippen molar-refractivity contribution in [3.63, 3.8) is 0 Å². The lowest BCUT2D eigenvalue weighted by Crippen LogP contribution is -2.03. The van der Waals surface area contributed by atoms with Crippen LogP contribution in [0.15, 0.2) is 101 Å². The summed E-state index contributed by atoms with van der Waals surface area (Å²) in [5, 5.41) is 9.77. The quantitative estimate of drug-likeness (QED) is 0.312. The van der Waals surface area contributed by atoms with Gasteiger partial charge in [0, 0.05) is 6.54 Å². The normalized spacial score (nSPS) is 11.0. The van der Waals surface area contributed by atoms with Crippen molar-refractivity contribution in [2.75, 3.05) is 0 Å². The first-order valence-corrected chi connectivity index (χ1v) is 9.59. The Morgan fingerprint density at radius 3 is 2.15 bits per heavy atom. The van der Waals surface area contributed by atoms with Crippen molar-refractivity contribution >= 4 is 11.8 Å². The van der Waals surface area contributed by atoms with Crippen LogP contribution in [0.25, 0.3) is 11.6 Å². The van der Waals surface area contributed by atoms with E-state index in [1.54, 1.807) is 18.0 Å². The van der Waals surface area contributed by atoms with Crippen LogP contribution >= 0.6 is 11.8 Å². The molecule has 0 amide bonds. The summed E-state index contributed by atoms with van der Waals surface area (Å²) < 4.78 is 7.56. The Labute approximate surface area is 162 Å². The van der Waals surface area contributed by atoms with Crippen LogP contribution in [0.4, 0.5) is 0 Å². The third kappa shape index (κ3) is 3.73. The summed E-state index contributed by atoms with van der Waals surface area (Å²) in [6.45, 7) is 4.49. The Balaban J connectivity index is 1.75. The summed E-state index contributed by atoms with van der Waals surface area (Å²) in [6.07, 6.45) is 3.49. The van der Waals surface area contributed by atoms with Gasteiger partial charge in [0.1, 0.15) is 0 Å². The van der Waals surface area contributed by atoms with E-state index < -0.39 is 0 Å². The second kappa shape index (κ2) is 8.10. The van der Waals surface area contributed by atoms with E-state index in [4.69, 9.17) is 4.42 Å². The Kier molecular flexibility index (Phi) is 5.21. The molecule has 2 aromatic heterocycles. The highest BCUT2D eigenvalue weighted by molar-refractivity contribution is 7.99. The fourth-order valence-electron chi connectivity index (χ4n) is 2.95. The predicted molar refractivity (Wildman–Crippen MR) is 109 cm³/mol. The topological polar surface area (TPSA) is 43.9 Å². The fourth-order valence-corrected chi connectivity index (χ4v) is 4.12. The number of thioether (sulfide) groups is 1. The zero-order valence-corrected chi connectivity index (χ0v) is 15.5. The molecule has 5 heteroatoms. The summed E-state index contributed by atoms with van der Waals surface area (Å²) in [5.41, 5.74) is 2.45. The molecule has 0 atom stereocenters. The van der Waals surface area contributed by atoms with Gasteiger partial charge in [-0.05, 0) is 23.3 Å². The van der Waals surface area contributed by atoms with E-state index in [0.29, 0.717) is 18.1 Å². The lowest BCUT2D eigenvalue weighted by molar-refractivity contribution is 0.569. The summed E-state index contributed by atoms with van der Waals surface area (Å²) >= 11 is 1.68. The van der Waals surface area contributed by atoms with Crippen LogP contribution in [0.2, 0.25) is 0 Å². The molecule has 0 aliphatic heterocycles. The van der Waals surface area contributed by atoms with E-state index in [9.17, 15) is 0 Å². The lowest BCUT2D eigenvalue weighted by Gasteiger charge is -2.17. The Hall–Kier alpha value is -3.05. The first-order valence-electron chi connectivity index (χ1n) is 8.71. The van der Waals surface area contributed by atoms with Gasteiger partial charge >= 0.3 is 0 Å². The zero-order valence-electron chi connectivity index (χ0n) is 14.7. The molecule has 0 saturated carbocycles. The molecule has 134 valence electrons. The van der Waals surface area contributed by atoms with Crippen LogP contribution in [0.5, 0.6) is 0 Å². The fraction of sp³-hybridized carbons (Fsp3) is 0.0909. The van der Waals surface area contributed by atoms with E-state index in [0.717, 1.165) is 5.16 Å². The molecular weight excluding hydrogens is 354 g/mol. The Morgan fingerprint density at radius 2 is 1.59 bits per heavy atom. The third-order valence-corrected chi connectivity index (χ3v) is 5.49. The van der Waals surface area contributed by atoms with Gasteiger partial charge in [0.25, 0.3) is 0 Å². The number of hydrogen-bond donors (Lipinski definition) is 0. The van der Waals surface area contributed by atoms with Gasteiger partial charge in [0.15, 0.2) is 10.9 Å². The van der Waals surface area contributed by atoms with Crippen LogP contribution in [-0.2, 0) is 6.54 Å². The second-order valence-electron chi connectivity index (χ2n) is 6.00. The summed E-state index contributed by atoms with van der Waals surface area (Å²) in [6, 6.07) is 24.6. The SMILES string of the molecule is C=CCn1c(SC(c2ccccc2)c2ccccc2)nnc1-c1ccco1. The molecule has 2 aromatic carbocycles. The smallest absolute Gasteiger partial charge is 0.200 e. The molecular formula is C22H19N3OS. The van der Waals surface area contributed by atoms with Gasteiger partial charge in [-0.15, -0.1) is 16.8 Å². The van der Waals surface area contributed by atoms with Crippen LogP contribution in [0, 0.1) is 0 Å². The van der Waals surface area contributed by atoms with Crippen molar-refractivity contribution in [2.45, 2.75) is 17.0 Å². The maximum atomic E-state index is 5.53. The van der Waals surface area contributed by atoms with E-state index in [2.05, 4.69) is 65.3 Å². The summed E-state index contributed by atoms with van der Waals surface area (Å²) in [7, 11) is 0. The monoisotopic (exact) mass is 373 g/mol. The molecule has 2 heterocycles. The van der Waals surface area contributed by atoms with Crippen molar-refractivity contribution in [3.8, 4) is 11.6 Å². The second-order valence-corrected chi connectivity index (χ2v) is 7.07. The highest BCUT2D eigenvalue weighted by atomic mass is 32.2. The molecule has 4 aromatic rings. The minimum absolute atomic E-state index is 0.115. The van der Waals surface area contributed by atoms with Gasteiger partial charge in [-0.3, -0.25) is 4.57 Å². The number of nitrogens with zero attached hydrogens (tertiary/aromatic N) is 3. The Morgan fingerprint density at radius 1 is 0.926 bits per heavy atom. The summed E-state index contributed by atoms with van der Waals surface area (Å²) in [4.78, 5) is 0. The predicted octanol–water partition coefficient (Wildman–Crippen LogP) is 5.61. The molecule has 0 fully saturated rings. The van der Waals surface area contributed by atoms with Crippen molar-refractivity contribution in [1.82, 2.24) is 14.8 Å². The van der Waals surface area contributed by atoms with Crippen LogP contribution in [-0.4, -0.2) is 14.8 Å². The maximum Gasteiger partial charge on any atom is 0.200 e. The van der Waals surface area contributed by atoms with Crippen LogP contribution in [0.1, 0.15) is 16.4 Å². The van der Waals surface area contributed by atoms with Gasteiger partial charge in [-0.1, -0.05) is 78.5 Å². The molecule has 0 N–H and O–H groups in total. The lowest BCUT2D eigenvalue weighted by atomic mass is 10.0. The molecule has 4 rings (SSSR count). The van der Waals surface area contributed by atoms with E-state index in [-0.39, 0.29) is 5.25 Å². The number of benzene rings is 2. The van der Waals surface area contributed by atoms with E-state index >= 15 is 0 Å². The number of rotatable bonds is 7. The average Bonchev–Trinajstić information content (AvgIpc) is 3.38. The van der Waals surface area contributed by atoms with Gasteiger partial charge < -0.3 is 4.42 Å². The first kappa shape index (κ1) is 17.4. The number of aromatic nitrogens is 3.